The Bertz CT molecular complexity index is 10.8. The number of hydrogen-bond donors (Lipinski definition) is 0. The Morgan fingerprint density at radius 3 is 0.800 bits per heavy atom. The van der Waals surface area contributed by atoms with Gasteiger partial charge in [-0.1, -0.05) is 0 Å². The van der Waals surface area contributed by atoms with Crippen molar-refractivity contribution in [3.63, 3.8) is 0 Å². The minimum atomic E-state index is 0. The van der Waals surface area contributed by atoms with Crippen LogP contribution < -0.4 is 18.9 Å². The van der Waals surface area contributed by atoms with Crippen LogP contribution in [0.1, 0.15) is 1.43 Å². The first-order valence-corrected chi connectivity index (χ1v) is 0. The zero-order valence-corrected chi connectivity index (χ0v) is 5.64. The van der Waals surface area contributed by atoms with Gasteiger partial charge in [0.05, 0.1) is 0 Å². The summed E-state index contributed by atoms with van der Waals surface area (Å²) in [4.78, 5) is 0. The molecule has 0 unspecified atom stereocenters. The van der Waals surface area contributed by atoms with Crippen molar-refractivity contribution in [2.75, 3.05) is 0 Å². The molecule has 0 amide bonds. The molecule has 0 aliphatic heterocycles. The van der Waals surface area contributed by atoms with E-state index >= 15 is 0 Å². The van der Waals surface area contributed by atoms with E-state index in [-0.39, 0.29) is 67.1 Å². The van der Waals surface area contributed by atoms with E-state index in [0.717, 1.165) is 0 Å². The Morgan fingerprint density at radius 1 is 0.800 bits per heavy atom. The van der Waals surface area contributed by atoms with Crippen LogP contribution in [0.5, 0.6) is 0 Å². The van der Waals surface area contributed by atoms with E-state index in [1.807, 2.05) is 0 Å². The third kappa shape index (κ3) is 30.1. The van der Waals surface area contributed by atoms with Crippen LogP contribution in [0.2, 0.25) is 0 Å². The Kier molecular flexibility index (Phi) is 877. The van der Waals surface area contributed by atoms with Gasteiger partial charge in [-0.05, 0) is 0 Å². The summed E-state index contributed by atoms with van der Waals surface area (Å²) < 4.78 is 0. The molecular formula is H4F3LiY. The van der Waals surface area contributed by atoms with Crippen molar-refractivity contribution in [3.05, 3.63) is 0 Å². The molecule has 0 saturated heterocycles. The molecule has 0 atom stereocenters. The topological polar surface area (TPSA) is 0 Å². The smallest absolute Gasteiger partial charge is 1.00 e. The summed E-state index contributed by atoms with van der Waals surface area (Å²) in [6.07, 6.45) is 0. The molecule has 0 aromatic carbocycles. The fraction of sp³-hybridized carbons (Fsp3) is 0. The van der Waals surface area contributed by atoms with E-state index in [1.165, 1.54) is 0 Å². The van der Waals surface area contributed by atoms with Gasteiger partial charge < -0.3 is 1.43 Å². The second kappa shape index (κ2) is 49.8. The van der Waals surface area contributed by atoms with E-state index in [4.69, 9.17) is 0 Å². The Morgan fingerprint density at radius 2 is 0.800 bits per heavy atom. The molecule has 0 saturated carbocycles. The maximum atomic E-state index is 0. The van der Waals surface area contributed by atoms with Gasteiger partial charge >= 0.3 is 18.9 Å². The van der Waals surface area contributed by atoms with Crippen LogP contribution in [0, 0.1) is 0 Å². The predicted molar refractivity (Wildman–Crippen MR) is 8.62 cm³/mol. The molecule has 0 bridgehead atoms. The number of hydrogen-bond acceptors (Lipinski definition) is 0. The zero-order chi connectivity index (χ0) is 0. The van der Waals surface area contributed by atoms with Crippen LogP contribution in [0.15, 0.2) is 0 Å². The van der Waals surface area contributed by atoms with Gasteiger partial charge in [0.25, 0.3) is 0 Å². The van der Waals surface area contributed by atoms with Gasteiger partial charge in [0.15, 0.2) is 0 Å². The van der Waals surface area contributed by atoms with Crippen molar-refractivity contribution >= 4 is 0 Å². The summed E-state index contributed by atoms with van der Waals surface area (Å²) in [6.45, 7) is 0. The molecule has 0 aliphatic carbocycles. The van der Waals surface area contributed by atoms with Gasteiger partial charge in [-0.15, -0.1) is 0 Å². The Hall–Kier alpha value is 1.49. The monoisotopic (exact) mass is 157 g/mol. The molecule has 29 valence electrons. The number of halogens is 3. The standard InChI is InChI=1S/3FH.Li.Y.H/h3*1H;;;/q;;;+1;;-1. The zero-order valence-electron chi connectivity index (χ0n) is 3.80. The van der Waals surface area contributed by atoms with E-state index < -0.39 is 0 Å². The molecule has 0 heterocycles. The minimum absolute atomic E-state index is 0. The second-order valence-electron chi connectivity index (χ2n) is 0. The van der Waals surface area contributed by atoms with Crippen molar-refractivity contribution < 1.29 is 67.1 Å². The van der Waals surface area contributed by atoms with E-state index in [9.17, 15) is 0 Å². The van der Waals surface area contributed by atoms with Gasteiger partial charge in [0, 0.05) is 32.7 Å². The first-order chi connectivity index (χ1) is 0. The van der Waals surface area contributed by atoms with Gasteiger partial charge in [0.2, 0.25) is 0 Å². The summed E-state index contributed by atoms with van der Waals surface area (Å²) in [6, 6.07) is 0. The van der Waals surface area contributed by atoms with Gasteiger partial charge in [-0.25, -0.2) is 0 Å². The molecule has 1 radical (unpaired) electrons. The molecule has 0 fully saturated rings. The number of rotatable bonds is 0. The molecule has 0 rings (SSSR count). The Labute approximate surface area is 66.7 Å². The van der Waals surface area contributed by atoms with Crippen molar-refractivity contribution in [3.8, 4) is 0 Å². The fourth-order valence-electron chi connectivity index (χ4n) is 0. The normalized spacial score (nSPS) is 0. The van der Waals surface area contributed by atoms with E-state index in [1.54, 1.807) is 0 Å². The molecule has 5 heteroatoms. The summed E-state index contributed by atoms with van der Waals surface area (Å²) in [5.41, 5.74) is 0. The maximum Gasteiger partial charge on any atom is 1.00 e. The molecule has 0 aromatic rings. The average Bonchev–Trinajstić information content (AvgIpc) is 0. The third-order valence-corrected chi connectivity index (χ3v) is 0. The molecule has 0 N–H and O–H groups in total. The van der Waals surface area contributed by atoms with Crippen LogP contribution in [-0.4, -0.2) is 0 Å². The molecule has 0 aliphatic rings. The minimum Gasteiger partial charge on any atom is -1.00 e. The van der Waals surface area contributed by atoms with Crippen LogP contribution in [0.3, 0.4) is 0 Å². The third-order valence-electron chi connectivity index (χ3n) is 0. The molecule has 0 nitrogen and oxygen atoms in total. The van der Waals surface area contributed by atoms with Gasteiger partial charge in [-0.2, -0.15) is 0 Å². The van der Waals surface area contributed by atoms with E-state index in [0.29, 0.717) is 0 Å². The van der Waals surface area contributed by atoms with Crippen molar-refractivity contribution in [1.29, 1.82) is 0 Å². The van der Waals surface area contributed by atoms with Crippen LogP contribution in [-0.2, 0) is 32.7 Å². The molecular weight excluding hydrogens is 153 g/mol. The molecule has 5 heavy (non-hydrogen) atoms. The van der Waals surface area contributed by atoms with Gasteiger partial charge in [0.1, 0.15) is 0 Å². The van der Waals surface area contributed by atoms with Crippen molar-refractivity contribution in [2.24, 2.45) is 0 Å². The predicted octanol–water partition coefficient (Wildman–Crippen LogP) is -2.43. The summed E-state index contributed by atoms with van der Waals surface area (Å²) in [5.74, 6) is 0. The fourth-order valence-corrected chi connectivity index (χ4v) is 0. The second-order valence-corrected chi connectivity index (χ2v) is 0. The Balaban J connectivity index is 0. The summed E-state index contributed by atoms with van der Waals surface area (Å²) in [7, 11) is 0. The molecule has 0 spiro atoms. The summed E-state index contributed by atoms with van der Waals surface area (Å²) in [5, 5.41) is 0. The largest absolute Gasteiger partial charge is 1.00 e. The van der Waals surface area contributed by atoms with Crippen LogP contribution in [0.25, 0.3) is 0 Å². The van der Waals surface area contributed by atoms with Gasteiger partial charge in [-0.3, -0.25) is 14.1 Å². The SMILES string of the molecule is F.F.F.[H-].[Li+].[Y]. The van der Waals surface area contributed by atoms with Crippen LogP contribution in [0.4, 0.5) is 14.1 Å². The maximum absolute atomic E-state index is 0. The van der Waals surface area contributed by atoms with Crippen molar-refractivity contribution in [1.82, 2.24) is 0 Å². The first-order valence-electron chi connectivity index (χ1n) is 0. The average molecular weight is 157 g/mol. The van der Waals surface area contributed by atoms with Crippen LogP contribution >= 0.6 is 0 Å². The van der Waals surface area contributed by atoms with Crippen molar-refractivity contribution in [2.45, 2.75) is 0 Å². The van der Waals surface area contributed by atoms with E-state index in [2.05, 4.69) is 0 Å². The summed E-state index contributed by atoms with van der Waals surface area (Å²) >= 11 is 0. The quantitative estimate of drug-likeness (QED) is 0.343. The molecule has 0 aromatic heterocycles. The first kappa shape index (κ1) is 88.0.